The van der Waals surface area contributed by atoms with Crippen LogP contribution in [-0.4, -0.2) is 37.6 Å². The molecule has 0 aromatic heterocycles. The molecule has 2 aliphatic rings. The summed E-state index contributed by atoms with van der Waals surface area (Å²) < 4.78 is 0. The van der Waals surface area contributed by atoms with Gasteiger partial charge in [0.25, 0.3) is 0 Å². The Morgan fingerprint density at radius 2 is 1.88 bits per heavy atom. The Balaban J connectivity index is 1.98. The number of likely N-dealkylation sites (tertiary alicyclic amines) is 1. The second kappa shape index (κ2) is 5.27. The van der Waals surface area contributed by atoms with Crippen LogP contribution < -0.4 is 5.32 Å². The molecule has 0 saturated carbocycles. The van der Waals surface area contributed by atoms with Gasteiger partial charge in [-0.05, 0) is 42.6 Å². The zero-order valence-electron chi connectivity index (χ0n) is 12.1. The van der Waals surface area contributed by atoms with Crippen molar-refractivity contribution in [2.24, 2.45) is 23.2 Å². The molecule has 2 fully saturated rings. The maximum atomic E-state index is 3.58. The van der Waals surface area contributed by atoms with Gasteiger partial charge in [-0.3, -0.25) is 0 Å². The molecule has 0 bridgehead atoms. The zero-order chi connectivity index (χ0) is 12.5. The number of rotatable bonds is 3. The molecule has 0 spiro atoms. The first-order chi connectivity index (χ1) is 8.02. The van der Waals surface area contributed by atoms with Crippen LogP contribution in [0.5, 0.6) is 0 Å². The Morgan fingerprint density at radius 1 is 1.24 bits per heavy atom. The second-order valence-electron chi connectivity index (χ2n) is 7.08. The summed E-state index contributed by atoms with van der Waals surface area (Å²) in [6, 6.07) is 0. The maximum absolute atomic E-state index is 3.58. The van der Waals surface area contributed by atoms with Gasteiger partial charge in [0.15, 0.2) is 0 Å². The molecule has 2 aliphatic heterocycles. The molecule has 0 amide bonds. The third-order valence-electron chi connectivity index (χ3n) is 4.98. The van der Waals surface area contributed by atoms with Crippen LogP contribution in [0.1, 0.15) is 40.5 Å². The minimum atomic E-state index is 0.538. The number of nitrogens with zero attached hydrogens (tertiary/aromatic N) is 1. The van der Waals surface area contributed by atoms with Gasteiger partial charge in [0, 0.05) is 26.2 Å². The molecule has 1 N–H and O–H groups in total. The summed E-state index contributed by atoms with van der Waals surface area (Å²) in [4.78, 5) is 2.74. The summed E-state index contributed by atoms with van der Waals surface area (Å²) >= 11 is 0. The molecule has 100 valence electrons. The van der Waals surface area contributed by atoms with Crippen molar-refractivity contribution in [3.8, 4) is 0 Å². The smallest absolute Gasteiger partial charge is 0.00533 e. The van der Waals surface area contributed by atoms with Crippen molar-refractivity contribution in [2.45, 2.75) is 40.5 Å². The van der Waals surface area contributed by atoms with Gasteiger partial charge in [-0.15, -0.1) is 0 Å². The van der Waals surface area contributed by atoms with Crippen molar-refractivity contribution in [1.29, 1.82) is 0 Å². The summed E-state index contributed by atoms with van der Waals surface area (Å²) in [5.74, 6) is 2.57. The molecule has 17 heavy (non-hydrogen) atoms. The lowest BCUT2D eigenvalue weighted by Crippen LogP contribution is -2.47. The van der Waals surface area contributed by atoms with Crippen molar-refractivity contribution in [1.82, 2.24) is 10.2 Å². The van der Waals surface area contributed by atoms with E-state index in [1.54, 1.807) is 0 Å². The Bertz CT molecular complexity index is 233. The monoisotopic (exact) mass is 238 g/mol. The van der Waals surface area contributed by atoms with E-state index in [9.17, 15) is 0 Å². The quantitative estimate of drug-likeness (QED) is 0.813. The van der Waals surface area contributed by atoms with Gasteiger partial charge in [-0.1, -0.05) is 27.7 Å². The summed E-state index contributed by atoms with van der Waals surface area (Å²) in [6.07, 6.45) is 2.79. The fourth-order valence-electron chi connectivity index (χ4n) is 3.94. The van der Waals surface area contributed by atoms with E-state index in [2.05, 4.69) is 37.9 Å². The minimum Gasteiger partial charge on any atom is -0.316 e. The van der Waals surface area contributed by atoms with E-state index in [0.29, 0.717) is 5.41 Å². The molecular weight excluding hydrogens is 208 g/mol. The largest absolute Gasteiger partial charge is 0.316 e. The lowest BCUT2D eigenvalue weighted by molar-refractivity contribution is 0.0661. The lowest BCUT2D eigenvalue weighted by Gasteiger charge is -2.42. The summed E-state index contributed by atoms with van der Waals surface area (Å²) in [5.41, 5.74) is 0.538. The highest BCUT2D eigenvalue weighted by Gasteiger charge is 2.39. The normalized spacial score (nSPS) is 40.1. The summed E-state index contributed by atoms with van der Waals surface area (Å²) in [6.45, 7) is 16.0. The molecule has 3 atom stereocenters. The van der Waals surface area contributed by atoms with Crippen LogP contribution in [0.3, 0.4) is 0 Å². The molecule has 2 saturated heterocycles. The minimum absolute atomic E-state index is 0.538. The average molecular weight is 238 g/mol. The number of nitrogens with one attached hydrogen (secondary N) is 1. The van der Waals surface area contributed by atoms with Crippen LogP contribution in [0, 0.1) is 23.2 Å². The van der Waals surface area contributed by atoms with Crippen LogP contribution in [0.25, 0.3) is 0 Å². The predicted octanol–water partition coefficient (Wildman–Crippen LogP) is 2.60. The SMILES string of the molecule is CC1CC(C)CN(CC2(C(C)C)CCNC2)C1. The Labute approximate surface area is 107 Å². The molecule has 0 radical (unpaired) electrons. The molecule has 0 aromatic carbocycles. The van der Waals surface area contributed by atoms with E-state index in [4.69, 9.17) is 0 Å². The van der Waals surface area contributed by atoms with Crippen LogP contribution in [0.15, 0.2) is 0 Å². The van der Waals surface area contributed by atoms with E-state index < -0.39 is 0 Å². The average Bonchev–Trinajstić information content (AvgIpc) is 2.65. The predicted molar refractivity (Wildman–Crippen MR) is 74.1 cm³/mol. The van der Waals surface area contributed by atoms with Crippen LogP contribution in [0.4, 0.5) is 0 Å². The highest BCUT2D eigenvalue weighted by molar-refractivity contribution is 4.93. The Morgan fingerprint density at radius 3 is 2.35 bits per heavy atom. The Kier molecular flexibility index (Phi) is 4.14. The molecule has 0 aromatic rings. The van der Waals surface area contributed by atoms with Gasteiger partial charge in [-0.25, -0.2) is 0 Å². The number of hydrogen-bond acceptors (Lipinski definition) is 2. The summed E-state index contributed by atoms with van der Waals surface area (Å²) in [7, 11) is 0. The molecular formula is C15H30N2. The van der Waals surface area contributed by atoms with Gasteiger partial charge in [0.1, 0.15) is 0 Å². The molecule has 0 aliphatic carbocycles. The van der Waals surface area contributed by atoms with Crippen molar-refractivity contribution in [3.63, 3.8) is 0 Å². The zero-order valence-corrected chi connectivity index (χ0v) is 12.1. The fourth-order valence-corrected chi connectivity index (χ4v) is 3.94. The van der Waals surface area contributed by atoms with Crippen molar-refractivity contribution >= 4 is 0 Å². The third kappa shape index (κ3) is 3.03. The molecule has 3 unspecified atom stereocenters. The molecule has 2 heteroatoms. The molecule has 2 heterocycles. The molecule has 2 nitrogen and oxygen atoms in total. The highest BCUT2D eigenvalue weighted by Crippen LogP contribution is 2.36. The third-order valence-corrected chi connectivity index (χ3v) is 4.98. The first-order valence-corrected chi connectivity index (χ1v) is 7.45. The van der Waals surface area contributed by atoms with E-state index in [0.717, 1.165) is 17.8 Å². The first-order valence-electron chi connectivity index (χ1n) is 7.45. The van der Waals surface area contributed by atoms with E-state index in [1.165, 1.54) is 45.6 Å². The first kappa shape index (κ1) is 13.4. The van der Waals surface area contributed by atoms with Crippen molar-refractivity contribution in [3.05, 3.63) is 0 Å². The number of hydrogen-bond donors (Lipinski definition) is 1. The fraction of sp³-hybridized carbons (Fsp3) is 1.00. The van der Waals surface area contributed by atoms with Crippen LogP contribution in [0.2, 0.25) is 0 Å². The molecule has 2 rings (SSSR count). The maximum Gasteiger partial charge on any atom is 0.00533 e. The van der Waals surface area contributed by atoms with E-state index in [-0.39, 0.29) is 0 Å². The van der Waals surface area contributed by atoms with E-state index in [1.807, 2.05) is 0 Å². The van der Waals surface area contributed by atoms with Gasteiger partial charge in [0.2, 0.25) is 0 Å². The number of piperidine rings is 1. The van der Waals surface area contributed by atoms with Gasteiger partial charge < -0.3 is 10.2 Å². The summed E-state index contributed by atoms with van der Waals surface area (Å²) in [5, 5.41) is 3.58. The van der Waals surface area contributed by atoms with Gasteiger partial charge in [-0.2, -0.15) is 0 Å². The van der Waals surface area contributed by atoms with Crippen LogP contribution in [-0.2, 0) is 0 Å². The topological polar surface area (TPSA) is 15.3 Å². The van der Waals surface area contributed by atoms with Crippen LogP contribution >= 0.6 is 0 Å². The van der Waals surface area contributed by atoms with Crippen molar-refractivity contribution < 1.29 is 0 Å². The standard InChI is InChI=1S/C15H30N2/c1-12(2)15(5-6-16-10-15)11-17-8-13(3)7-14(4)9-17/h12-14,16H,5-11H2,1-4H3. The highest BCUT2D eigenvalue weighted by atomic mass is 15.2. The lowest BCUT2D eigenvalue weighted by atomic mass is 9.75. The van der Waals surface area contributed by atoms with E-state index >= 15 is 0 Å². The van der Waals surface area contributed by atoms with Crippen molar-refractivity contribution in [2.75, 3.05) is 32.7 Å². The van der Waals surface area contributed by atoms with Gasteiger partial charge in [0.05, 0.1) is 0 Å². The van der Waals surface area contributed by atoms with Gasteiger partial charge >= 0.3 is 0 Å². The Hall–Kier alpha value is -0.0800. The second-order valence-corrected chi connectivity index (χ2v) is 7.08.